The number of carbonyl (C=O) groups excluding carboxylic acids is 1. The predicted molar refractivity (Wildman–Crippen MR) is 133 cm³/mol. The highest BCUT2D eigenvalue weighted by atomic mass is 32.2. The third kappa shape index (κ3) is 7.24. The van der Waals surface area contributed by atoms with Crippen molar-refractivity contribution < 1.29 is 31.1 Å². The molecule has 0 fully saturated rings. The number of halogens is 3. The second-order valence-corrected chi connectivity index (χ2v) is 10.3. The standard InChI is InChI=1S/C26H27F3N2O4S/c1-18-4-13-24(19(2)16-18)35-15-14-30-25(32)21-7-5-20(6-8-21)17-31(36(3,33)34)23-11-9-22(10-12-23)26(27,28)29/h4-13,16H,14-15,17H2,1-3H3,(H,30,32). The van der Waals surface area contributed by atoms with Crippen LogP contribution in [0.2, 0.25) is 0 Å². The first kappa shape index (κ1) is 27.1. The van der Waals surface area contributed by atoms with E-state index < -0.39 is 21.8 Å². The molecule has 192 valence electrons. The van der Waals surface area contributed by atoms with E-state index in [0.29, 0.717) is 24.3 Å². The molecule has 3 rings (SSSR count). The van der Waals surface area contributed by atoms with E-state index in [1.807, 2.05) is 32.0 Å². The normalized spacial score (nSPS) is 11.7. The molecule has 0 bridgehead atoms. The van der Waals surface area contributed by atoms with Crippen LogP contribution in [0.1, 0.15) is 32.6 Å². The van der Waals surface area contributed by atoms with Crippen molar-refractivity contribution in [3.05, 3.63) is 94.5 Å². The second kappa shape index (κ2) is 11.0. The van der Waals surface area contributed by atoms with Gasteiger partial charge in [-0.3, -0.25) is 9.10 Å². The van der Waals surface area contributed by atoms with E-state index in [9.17, 15) is 26.4 Å². The van der Waals surface area contributed by atoms with Gasteiger partial charge >= 0.3 is 6.18 Å². The smallest absolute Gasteiger partial charge is 0.416 e. The first-order chi connectivity index (χ1) is 16.8. The number of rotatable bonds is 9. The van der Waals surface area contributed by atoms with Gasteiger partial charge in [0.05, 0.1) is 30.6 Å². The summed E-state index contributed by atoms with van der Waals surface area (Å²) < 4.78 is 69.8. The Hall–Kier alpha value is -3.53. The number of amides is 1. The number of benzene rings is 3. The molecule has 0 aliphatic rings. The second-order valence-electron chi connectivity index (χ2n) is 8.38. The Kier molecular flexibility index (Phi) is 8.29. The van der Waals surface area contributed by atoms with Gasteiger partial charge in [0.1, 0.15) is 12.4 Å². The molecule has 3 aromatic carbocycles. The van der Waals surface area contributed by atoms with Crippen molar-refractivity contribution in [1.82, 2.24) is 5.32 Å². The fraction of sp³-hybridized carbons (Fsp3) is 0.269. The van der Waals surface area contributed by atoms with Crippen LogP contribution < -0.4 is 14.4 Å². The molecule has 0 aliphatic carbocycles. The van der Waals surface area contributed by atoms with Crippen molar-refractivity contribution in [2.45, 2.75) is 26.6 Å². The zero-order valence-corrected chi connectivity index (χ0v) is 20.9. The molecule has 0 spiro atoms. The van der Waals surface area contributed by atoms with Crippen LogP contribution in [0.15, 0.2) is 66.7 Å². The van der Waals surface area contributed by atoms with Crippen molar-refractivity contribution in [2.24, 2.45) is 0 Å². The number of ether oxygens (including phenoxy) is 1. The Morgan fingerprint density at radius 3 is 2.17 bits per heavy atom. The van der Waals surface area contributed by atoms with E-state index in [4.69, 9.17) is 4.74 Å². The SMILES string of the molecule is Cc1ccc(OCCNC(=O)c2ccc(CN(c3ccc(C(F)(F)F)cc3)S(C)(=O)=O)cc2)c(C)c1. The maximum absolute atomic E-state index is 12.8. The number of nitrogens with zero attached hydrogens (tertiary/aromatic N) is 1. The zero-order chi connectivity index (χ0) is 26.5. The van der Waals surface area contributed by atoms with Gasteiger partial charge in [-0.1, -0.05) is 29.8 Å². The quantitative estimate of drug-likeness (QED) is 0.399. The first-order valence-electron chi connectivity index (χ1n) is 11.1. The lowest BCUT2D eigenvalue weighted by Gasteiger charge is -2.23. The Morgan fingerprint density at radius 2 is 1.61 bits per heavy atom. The molecule has 0 atom stereocenters. The van der Waals surface area contributed by atoms with Crippen molar-refractivity contribution in [3.8, 4) is 5.75 Å². The van der Waals surface area contributed by atoms with Gasteiger partial charge in [0.2, 0.25) is 10.0 Å². The Bertz CT molecular complexity index is 1310. The Morgan fingerprint density at radius 1 is 0.972 bits per heavy atom. The lowest BCUT2D eigenvalue weighted by Crippen LogP contribution is -2.29. The Balaban J connectivity index is 1.60. The Labute approximate surface area is 208 Å². The monoisotopic (exact) mass is 520 g/mol. The first-order valence-corrected chi connectivity index (χ1v) is 12.9. The number of anilines is 1. The molecule has 10 heteroatoms. The third-order valence-corrected chi connectivity index (χ3v) is 6.54. The molecular formula is C26H27F3N2O4S. The lowest BCUT2D eigenvalue weighted by atomic mass is 10.1. The predicted octanol–water partition coefficient (Wildman–Crippen LogP) is 5.10. The van der Waals surface area contributed by atoms with Gasteiger partial charge in [0, 0.05) is 5.56 Å². The van der Waals surface area contributed by atoms with E-state index in [-0.39, 0.29) is 18.1 Å². The van der Waals surface area contributed by atoms with E-state index in [0.717, 1.165) is 51.7 Å². The molecular weight excluding hydrogens is 493 g/mol. The zero-order valence-electron chi connectivity index (χ0n) is 20.1. The maximum Gasteiger partial charge on any atom is 0.416 e. The van der Waals surface area contributed by atoms with Crippen LogP contribution in [0.5, 0.6) is 5.75 Å². The number of carbonyl (C=O) groups is 1. The summed E-state index contributed by atoms with van der Waals surface area (Å²) in [7, 11) is -3.78. The minimum absolute atomic E-state index is 0.101. The average molecular weight is 521 g/mol. The van der Waals surface area contributed by atoms with Gasteiger partial charge in [0.15, 0.2) is 0 Å². The van der Waals surface area contributed by atoms with Gasteiger partial charge in [-0.25, -0.2) is 8.42 Å². The van der Waals surface area contributed by atoms with Crippen LogP contribution in [-0.2, 0) is 22.7 Å². The molecule has 1 N–H and O–H groups in total. The molecule has 0 unspecified atom stereocenters. The number of aryl methyl sites for hydroxylation is 2. The minimum Gasteiger partial charge on any atom is -0.491 e. The van der Waals surface area contributed by atoms with Crippen molar-refractivity contribution in [3.63, 3.8) is 0 Å². The number of nitrogens with one attached hydrogen (secondary N) is 1. The third-order valence-electron chi connectivity index (χ3n) is 5.40. The van der Waals surface area contributed by atoms with Crippen LogP contribution in [0.3, 0.4) is 0 Å². The average Bonchev–Trinajstić information content (AvgIpc) is 2.80. The largest absolute Gasteiger partial charge is 0.491 e. The highest BCUT2D eigenvalue weighted by Gasteiger charge is 2.30. The molecule has 0 saturated carbocycles. The summed E-state index contributed by atoms with van der Waals surface area (Å²) in [6.45, 7) is 4.43. The summed E-state index contributed by atoms with van der Waals surface area (Å²) in [4.78, 5) is 12.4. The minimum atomic E-state index is -4.52. The van der Waals surface area contributed by atoms with Crippen LogP contribution >= 0.6 is 0 Å². The van der Waals surface area contributed by atoms with Crippen LogP contribution in [0.25, 0.3) is 0 Å². The molecule has 6 nitrogen and oxygen atoms in total. The maximum atomic E-state index is 12.8. The van der Waals surface area contributed by atoms with Crippen LogP contribution in [0, 0.1) is 13.8 Å². The summed E-state index contributed by atoms with van der Waals surface area (Å²) in [6, 6.07) is 16.1. The van der Waals surface area contributed by atoms with Gasteiger partial charge in [-0.2, -0.15) is 13.2 Å². The van der Waals surface area contributed by atoms with Gasteiger partial charge < -0.3 is 10.1 Å². The molecule has 0 heterocycles. The molecule has 0 aliphatic heterocycles. The van der Waals surface area contributed by atoms with E-state index in [1.54, 1.807) is 24.3 Å². The molecule has 0 aromatic heterocycles. The number of hydrogen-bond donors (Lipinski definition) is 1. The molecule has 0 radical (unpaired) electrons. The number of alkyl halides is 3. The molecule has 3 aromatic rings. The van der Waals surface area contributed by atoms with Crippen molar-refractivity contribution >= 4 is 21.6 Å². The van der Waals surface area contributed by atoms with E-state index >= 15 is 0 Å². The number of sulfonamides is 1. The summed E-state index contributed by atoms with van der Waals surface area (Å²) in [5.74, 6) is 0.441. The highest BCUT2D eigenvalue weighted by molar-refractivity contribution is 7.92. The van der Waals surface area contributed by atoms with Gasteiger partial charge in [0.25, 0.3) is 5.91 Å². The highest BCUT2D eigenvalue weighted by Crippen LogP contribution is 2.31. The molecule has 1 amide bonds. The topological polar surface area (TPSA) is 75.7 Å². The molecule has 0 saturated heterocycles. The van der Waals surface area contributed by atoms with Crippen molar-refractivity contribution in [2.75, 3.05) is 23.7 Å². The van der Waals surface area contributed by atoms with Crippen molar-refractivity contribution in [1.29, 1.82) is 0 Å². The van der Waals surface area contributed by atoms with Gasteiger partial charge in [-0.05, 0) is 67.4 Å². The molecule has 36 heavy (non-hydrogen) atoms. The van der Waals surface area contributed by atoms with Crippen LogP contribution in [0.4, 0.5) is 18.9 Å². The van der Waals surface area contributed by atoms with E-state index in [1.165, 1.54) is 0 Å². The fourth-order valence-corrected chi connectivity index (χ4v) is 4.42. The van der Waals surface area contributed by atoms with Gasteiger partial charge in [-0.15, -0.1) is 0 Å². The fourth-order valence-electron chi connectivity index (χ4n) is 3.53. The van der Waals surface area contributed by atoms with E-state index in [2.05, 4.69) is 5.32 Å². The number of hydrogen-bond acceptors (Lipinski definition) is 4. The summed E-state index contributed by atoms with van der Waals surface area (Å²) in [5.41, 5.74) is 2.33. The summed E-state index contributed by atoms with van der Waals surface area (Å²) >= 11 is 0. The summed E-state index contributed by atoms with van der Waals surface area (Å²) in [6.07, 6.45) is -3.54. The lowest BCUT2D eigenvalue weighted by molar-refractivity contribution is -0.137. The van der Waals surface area contributed by atoms with Crippen LogP contribution in [-0.4, -0.2) is 33.7 Å². The summed E-state index contributed by atoms with van der Waals surface area (Å²) in [5, 5.41) is 2.77.